The Morgan fingerprint density at radius 3 is 2.22 bits per heavy atom. The van der Waals surface area contributed by atoms with Gasteiger partial charge in [0.2, 0.25) is 0 Å². The maximum absolute atomic E-state index is 3.90. The Morgan fingerprint density at radius 2 is 2.00 bits per heavy atom. The minimum atomic E-state index is 0.884. The van der Waals surface area contributed by atoms with Crippen LogP contribution in [0.3, 0.4) is 0 Å². The second-order valence-corrected chi connectivity index (χ2v) is 1.96. The first-order chi connectivity index (χ1) is 4.39. The van der Waals surface area contributed by atoms with E-state index in [1.54, 1.807) is 6.20 Å². The number of hydrogen-bond acceptors (Lipinski definition) is 1. The van der Waals surface area contributed by atoms with Gasteiger partial charge in [-0.3, -0.25) is 0 Å². The number of aromatic nitrogens is 1. The molecular formula is C7H10BrN. The molecule has 0 aliphatic rings. The van der Waals surface area contributed by atoms with Gasteiger partial charge in [-0.05, 0) is 28.1 Å². The second-order valence-electron chi connectivity index (χ2n) is 1.15. The molecule has 0 aliphatic heterocycles. The van der Waals surface area contributed by atoms with Crippen molar-refractivity contribution in [2.75, 3.05) is 0 Å². The Labute approximate surface area is 64.3 Å². The lowest BCUT2D eigenvalue weighted by Gasteiger charge is -1.80. The molecule has 0 spiro atoms. The minimum absolute atomic E-state index is 0.884. The van der Waals surface area contributed by atoms with Crippen LogP contribution in [0.25, 0.3) is 0 Å². The molecule has 9 heavy (non-hydrogen) atoms. The summed E-state index contributed by atoms with van der Waals surface area (Å²) in [5.74, 6) is 0. The highest BCUT2D eigenvalue weighted by Gasteiger charge is 1.75. The molecule has 1 aromatic rings. The predicted octanol–water partition coefficient (Wildman–Crippen LogP) is 2.87. The third kappa shape index (κ3) is 4.15. The van der Waals surface area contributed by atoms with Crippen LogP contribution >= 0.6 is 15.9 Å². The molecule has 1 rings (SSSR count). The summed E-state index contributed by atoms with van der Waals surface area (Å²) >= 11 is 3.20. The largest absolute Gasteiger partial charge is 0.249 e. The zero-order valence-corrected chi connectivity index (χ0v) is 7.22. The molecule has 1 heterocycles. The fourth-order valence-corrected chi connectivity index (χ4v) is 0.613. The van der Waals surface area contributed by atoms with Gasteiger partial charge in [0.05, 0.1) is 0 Å². The van der Waals surface area contributed by atoms with E-state index in [1.165, 1.54) is 0 Å². The summed E-state index contributed by atoms with van der Waals surface area (Å²) in [6.07, 6.45) is 1.74. The van der Waals surface area contributed by atoms with Crippen molar-refractivity contribution in [1.82, 2.24) is 4.98 Å². The van der Waals surface area contributed by atoms with Gasteiger partial charge in [0.15, 0.2) is 0 Å². The topological polar surface area (TPSA) is 12.9 Å². The molecule has 0 saturated heterocycles. The Hall–Kier alpha value is -0.370. The number of rotatable bonds is 0. The molecule has 0 saturated carbocycles. The summed E-state index contributed by atoms with van der Waals surface area (Å²) in [5, 5.41) is 0. The van der Waals surface area contributed by atoms with Crippen LogP contribution in [0, 0.1) is 0 Å². The van der Waals surface area contributed by atoms with Crippen molar-refractivity contribution in [3.63, 3.8) is 0 Å². The van der Waals surface area contributed by atoms with Crippen LogP contribution in [0.15, 0.2) is 29.0 Å². The average molecular weight is 188 g/mol. The van der Waals surface area contributed by atoms with Gasteiger partial charge in [-0.25, -0.2) is 4.98 Å². The van der Waals surface area contributed by atoms with Crippen LogP contribution in [0.5, 0.6) is 0 Å². The Kier molecular flexibility index (Phi) is 5.52. The quantitative estimate of drug-likeness (QED) is 0.570. The van der Waals surface area contributed by atoms with Crippen molar-refractivity contribution in [2.45, 2.75) is 13.8 Å². The van der Waals surface area contributed by atoms with Gasteiger partial charge in [-0.2, -0.15) is 0 Å². The average Bonchev–Trinajstić information content (AvgIpc) is 1.94. The van der Waals surface area contributed by atoms with E-state index >= 15 is 0 Å². The van der Waals surface area contributed by atoms with Gasteiger partial charge in [-0.1, -0.05) is 19.9 Å². The van der Waals surface area contributed by atoms with E-state index in [0.717, 1.165) is 4.60 Å². The van der Waals surface area contributed by atoms with E-state index in [0.29, 0.717) is 0 Å². The summed E-state index contributed by atoms with van der Waals surface area (Å²) in [6.45, 7) is 4.00. The lowest BCUT2D eigenvalue weighted by atomic mass is 10.5. The third-order valence-electron chi connectivity index (χ3n) is 0.629. The van der Waals surface area contributed by atoms with E-state index < -0.39 is 0 Å². The molecule has 50 valence electrons. The van der Waals surface area contributed by atoms with Crippen LogP contribution in [0.2, 0.25) is 0 Å². The van der Waals surface area contributed by atoms with Crippen LogP contribution < -0.4 is 0 Å². The maximum atomic E-state index is 3.90. The van der Waals surface area contributed by atoms with E-state index in [1.807, 2.05) is 32.0 Å². The Balaban J connectivity index is 0.000000291. The predicted molar refractivity (Wildman–Crippen MR) is 43.3 cm³/mol. The zero-order valence-electron chi connectivity index (χ0n) is 5.63. The van der Waals surface area contributed by atoms with Crippen molar-refractivity contribution in [2.24, 2.45) is 0 Å². The SMILES string of the molecule is Brc1ccccn1.CC. The smallest absolute Gasteiger partial charge is 0.106 e. The molecule has 0 unspecified atom stereocenters. The lowest BCUT2D eigenvalue weighted by molar-refractivity contribution is 1.28. The first-order valence-corrected chi connectivity index (χ1v) is 3.75. The fourth-order valence-electron chi connectivity index (χ4n) is 0.342. The highest BCUT2D eigenvalue weighted by Crippen LogP contribution is 2.00. The summed E-state index contributed by atoms with van der Waals surface area (Å²) in [5.41, 5.74) is 0. The molecule has 0 fully saturated rings. The molecule has 0 bridgehead atoms. The molecule has 2 heteroatoms. The van der Waals surface area contributed by atoms with Crippen molar-refractivity contribution >= 4 is 15.9 Å². The molecule has 1 aromatic heterocycles. The number of pyridine rings is 1. The van der Waals surface area contributed by atoms with Crippen LogP contribution in [0.4, 0.5) is 0 Å². The Morgan fingerprint density at radius 1 is 1.33 bits per heavy atom. The van der Waals surface area contributed by atoms with Crippen LogP contribution in [0.1, 0.15) is 13.8 Å². The minimum Gasteiger partial charge on any atom is -0.249 e. The van der Waals surface area contributed by atoms with Crippen molar-refractivity contribution in [1.29, 1.82) is 0 Å². The number of nitrogens with zero attached hydrogens (tertiary/aromatic N) is 1. The zero-order chi connectivity index (χ0) is 7.11. The van der Waals surface area contributed by atoms with Crippen LogP contribution in [-0.2, 0) is 0 Å². The van der Waals surface area contributed by atoms with Gasteiger partial charge in [0.25, 0.3) is 0 Å². The molecule has 0 aromatic carbocycles. The lowest BCUT2D eigenvalue weighted by Crippen LogP contribution is -1.66. The highest BCUT2D eigenvalue weighted by atomic mass is 79.9. The molecule has 1 nitrogen and oxygen atoms in total. The molecule has 0 amide bonds. The van der Waals surface area contributed by atoms with Gasteiger partial charge < -0.3 is 0 Å². The summed E-state index contributed by atoms with van der Waals surface area (Å²) in [4.78, 5) is 3.90. The van der Waals surface area contributed by atoms with Gasteiger partial charge in [-0.15, -0.1) is 0 Å². The molecule has 0 aliphatic carbocycles. The van der Waals surface area contributed by atoms with Crippen molar-refractivity contribution < 1.29 is 0 Å². The summed E-state index contributed by atoms with van der Waals surface area (Å²) in [6, 6.07) is 5.70. The van der Waals surface area contributed by atoms with Crippen molar-refractivity contribution in [3.05, 3.63) is 29.0 Å². The standard InChI is InChI=1S/C5H4BrN.C2H6/c6-5-3-1-2-4-7-5;1-2/h1-4H;1-2H3. The highest BCUT2D eigenvalue weighted by molar-refractivity contribution is 9.10. The van der Waals surface area contributed by atoms with Gasteiger partial charge >= 0.3 is 0 Å². The summed E-state index contributed by atoms with van der Waals surface area (Å²) in [7, 11) is 0. The summed E-state index contributed by atoms with van der Waals surface area (Å²) < 4.78 is 0.884. The number of hydrogen-bond donors (Lipinski definition) is 0. The molecule has 0 atom stereocenters. The first-order valence-electron chi connectivity index (χ1n) is 2.96. The fraction of sp³-hybridized carbons (Fsp3) is 0.286. The monoisotopic (exact) mass is 187 g/mol. The van der Waals surface area contributed by atoms with E-state index in [-0.39, 0.29) is 0 Å². The van der Waals surface area contributed by atoms with Crippen molar-refractivity contribution in [3.8, 4) is 0 Å². The maximum Gasteiger partial charge on any atom is 0.106 e. The van der Waals surface area contributed by atoms with E-state index in [9.17, 15) is 0 Å². The van der Waals surface area contributed by atoms with Gasteiger partial charge in [0, 0.05) is 6.20 Å². The first kappa shape index (κ1) is 8.63. The van der Waals surface area contributed by atoms with Gasteiger partial charge in [0.1, 0.15) is 4.60 Å². The second kappa shape index (κ2) is 5.76. The van der Waals surface area contributed by atoms with E-state index in [4.69, 9.17) is 0 Å². The Bertz CT molecular complexity index is 139. The molecular weight excluding hydrogens is 178 g/mol. The third-order valence-corrected chi connectivity index (χ3v) is 1.10. The van der Waals surface area contributed by atoms with Crippen LogP contribution in [-0.4, -0.2) is 4.98 Å². The molecule has 0 N–H and O–H groups in total. The number of halogens is 1. The molecule has 0 radical (unpaired) electrons. The normalized spacial score (nSPS) is 7.44. The van der Waals surface area contributed by atoms with E-state index in [2.05, 4.69) is 20.9 Å².